The van der Waals surface area contributed by atoms with E-state index in [-0.39, 0.29) is 18.0 Å². The van der Waals surface area contributed by atoms with Crippen molar-refractivity contribution in [2.75, 3.05) is 6.54 Å². The van der Waals surface area contributed by atoms with Gasteiger partial charge in [0, 0.05) is 10.0 Å². The largest absolute Gasteiger partial charge is 0.345 e. The highest BCUT2D eigenvalue weighted by Crippen LogP contribution is 2.16. The van der Waals surface area contributed by atoms with E-state index in [0.717, 1.165) is 10.0 Å². The maximum Gasteiger partial charge on any atom is 0.275 e. The number of amides is 1. The van der Waals surface area contributed by atoms with Crippen LogP contribution in [0.1, 0.15) is 37.1 Å². The second kappa shape index (κ2) is 8.11. The molecule has 0 saturated heterocycles. The molecular weight excluding hydrogens is 340 g/mol. The molecule has 2 rings (SSSR count). The van der Waals surface area contributed by atoms with Gasteiger partial charge in [0.1, 0.15) is 6.04 Å². The molecule has 0 heterocycles. The maximum atomic E-state index is 12.1. The molecule has 1 amide bonds. The monoisotopic (exact) mass is 361 g/mol. The third-order valence-electron chi connectivity index (χ3n) is 3.73. The molecule has 4 heteroatoms. The Morgan fingerprint density at radius 2 is 1.68 bits per heavy atom. The van der Waals surface area contributed by atoms with Crippen molar-refractivity contribution in [2.24, 2.45) is 0 Å². The average molecular weight is 362 g/mol. The molecule has 22 heavy (non-hydrogen) atoms. The van der Waals surface area contributed by atoms with Crippen LogP contribution >= 0.6 is 15.9 Å². The summed E-state index contributed by atoms with van der Waals surface area (Å²) in [5.74, 6) is 0.0539. The highest BCUT2D eigenvalue weighted by Gasteiger charge is 2.13. The molecule has 0 unspecified atom stereocenters. The SMILES string of the molecule is C[C@@H](NC(=O)C[NH2+][C@H](C)c1ccccc1)c1ccc(Br)cc1. The van der Waals surface area contributed by atoms with Crippen molar-refractivity contribution in [3.8, 4) is 0 Å². The van der Waals surface area contributed by atoms with Crippen molar-refractivity contribution in [1.29, 1.82) is 0 Å². The lowest BCUT2D eigenvalue weighted by atomic mass is 10.1. The number of hydrogen-bond acceptors (Lipinski definition) is 1. The summed E-state index contributed by atoms with van der Waals surface area (Å²) in [5.41, 5.74) is 2.34. The Morgan fingerprint density at radius 1 is 1.05 bits per heavy atom. The summed E-state index contributed by atoms with van der Waals surface area (Å²) >= 11 is 3.42. The molecule has 0 spiro atoms. The van der Waals surface area contributed by atoms with Gasteiger partial charge in [0.2, 0.25) is 0 Å². The normalized spacial score (nSPS) is 13.4. The van der Waals surface area contributed by atoms with Crippen LogP contribution < -0.4 is 10.6 Å². The third-order valence-corrected chi connectivity index (χ3v) is 4.26. The number of nitrogens with one attached hydrogen (secondary N) is 1. The lowest BCUT2D eigenvalue weighted by Crippen LogP contribution is -2.87. The Hall–Kier alpha value is -1.65. The first-order chi connectivity index (χ1) is 10.6. The summed E-state index contributed by atoms with van der Waals surface area (Å²) in [7, 11) is 0. The molecular formula is C18H22BrN2O+. The highest BCUT2D eigenvalue weighted by atomic mass is 79.9. The first-order valence-electron chi connectivity index (χ1n) is 7.49. The van der Waals surface area contributed by atoms with E-state index in [0.29, 0.717) is 6.54 Å². The molecule has 0 radical (unpaired) electrons. The first kappa shape index (κ1) is 16.7. The third kappa shape index (κ3) is 4.97. The van der Waals surface area contributed by atoms with Gasteiger partial charge in [0.25, 0.3) is 5.91 Å². The second-order valence-corrected chi connectivity index (χ2v) is 6.40. The standard InChI is InChI=1S/C18H21BrN2O/c1-13(15-6-4-3-5-7-15)20-12-18(22)21-14(2)16-8-10-17(19)11-9-16/h3-11,13-14,20H,12H2,1-2H3,(H,21,22)/p+1/t13-,14-/m1/s1. The van der Waals surface area contributed by atoms with Crippen LogP contribution in [0.4, 0.5) is 0 Å². The van der Waals surface area contributed by atoms with Gasteiger partial charge < -0.3 is 10.6 Å². The van der Waals surface area contributed by atoms with Gasteiger partial charge in [-0.15, -0.1) is 0 Å². The Morgan fingerprint density at radius 3 is 2.32 bits per heavy atom. The zero-order valence-corrected chi connectivity index (χ0v) is 14.5. The van der Waals surface area contributed by atoms with Crippen LogP contribution in [0, 0.1) is 0 Å². The summed E-state index contributed by atoms with van der Waals surface area (Å²) in [4.78, 5) is 12.1. The quantitative estimate of drug-likeness (QED) is 0.816. The first-order valence-corrected chi connectivity index (χ1v) is 8.28. The minimum absolute atomic E-state index is 0.0148. The Balaban J connectivity index is 1.81. The van der Waals surface area contributed by atoms with Gasteiger partial charge in [-0.1, -0.05) is 58.4 Å². The van der Waals surface area contributed by atoms with Crippen LogP contribution in [0.2, 0.25) is 0 Å². The number of rotatable bonds is 6. The Kier molecular flexibility index (Phi) is 6.16. The van der Waals surface area contributed by atoms with E-state index in [1.165, 1.54) is 5.56 Å². The molecule has 116 valence electrons. The van der Waals surface area contributed by atoms with Gasteiger partial charge >= 0.3 is 0 Å². The number of halogens is 1. The van der Waals surface area contributed by atoms with E-state index >= 15 is 0 Å². The Bertz CT molecular complexity index is 598. The number of hydrogen-bond donors (Lipinski definition) is 2. The van der Waals surface area contributed by atoms with Gasteiger partial charge in [0.05, 0.1) is 6.04 Å². The van der Waals surface area contributed by atoms with E-state index < -0.39 is 0 Å². The van der Waals surface area contributed by atoms with E-state index in [1.807, 2.05) is 49.4 Å². The maximum absolute atomic E-state index is 12.1. The van der Waals surface area contributed by atoms with Crippen LogP contribution in [0.25, 0.3) is 0 Å². The number of quaternary nitrogens is 1. The van der Waals surface area contributed by atoms with E-state index in [1.54, 1.807) is 0 Å². The molecule has 0 aromatic heterocycles. The van der Waals surface area contributed by atoms with Crippen molar-refractivity contribution in [3.05, 3.63) is 70.2 Å². The molecule has 3 nitrogen and oxygen atoms in total. The lowest BCUT2D eigenvalue weighted by molar-refractivity contribution is -0.682. The average Bonchev–Trinajstić information content (AvgIpc) is 2.54. The van der Waals surface area contributed by atoms with Crippen molar-refractivity contribution in [1.82, 2.24) is 5.32 Å². The van der Waals surface area contributed by atoms with Crippen LogP contribution in [0.15, 0.2) is 59.1 Å². The fourth-order valence-electron chi connectivity index (χ4n) is 2.31. The summed E-state index contributed by atoms with van der Waals surface area (Å²) in [6.07, 6.45) is 0. The van der Waals surface area contributed by atoms with E-state index in [4.69, 9.17) is 0 Å². The summed E-state index contributed by atoms with van der Waals surface area (Å²) in [5, 5.41) is 5.09. The van der Waals surface area contributed by atoms with Crippen molar-refractivity contribution in [3.63, 3.8) is 0 Å². The fraction of sp³-hybridized carbons (Fsp3) is 0.278. The fourth-order valence-corrected chi connectivity index (χ4v) is 2.58. The zero-order chi connectivity index (χ0) is 15.9. The number of carbonyl (C=O) groups is 1. The zero-order valence-electron chi connectivity index (χ0n) is 12.9. The molecule has 2 aromatic rings. The van der Waals surface area contributed by atoms with Crippen LogP contribution in [-0.4, -0.2) is 12.5 Å². The predicted octanol–water partition coefficient (Wildman–Crippen LogP) is 2.95. The number of benzene rings is 2. The van der Waals surface area contributed by atoms with Gasteiger partial charge in [-0.25, -0.2) is 0 Å². The summed E-state index contributed by atoms with van der Waals surface area (Å²) in [6, 6.07) is 18.5. The minimum atomic E-state index is 0.0148. The lowest BCUT2D eigenvalue weighted by Gasteiger charge is -2.15. The molecule has 2 aromatic carbocycles. The van der Waals surface area contributed by atoms with Crippen molar-refractivity contribution in [2.45, 2.75) is 25.9 Å². The minimum Gasteiger partial charge on any atom is -0.345 e. The highest BCUT2D eigenvalue weighted by molar-refractivity contribution is 9.10. The van der Waals surface area contributed by atoms with Gasteiger partial charge in [-0.2, -0.15) is 0 Å². The second-order valence-electron chi connectivity index (χ2n) is 5.48. The van der Waals surface area contributed by atoms with E-state index in [2.05, 4.69) is 45.6 Å². The van der Waals surface area contributed by atoms with Crippen LogP contribution in [-0.2, 0) is 4.79 Å². The summed E-state index contributed by atoms with van der Waals surface area (Å²) < 4.78 is 1.04. The number of nitrogens with two attached hydrogens (primary N) is 1. The molecule has 0 saturated carbocycles. The smallest absolute Gasteiger partial charge is 0.275 e. The molecule has 0 bridgehead atoms. The van der Waals surface area contributed by atoms with Crippen LogP contribution in [0.5, 0.6) is 0 Å². The molecule has 0 aliphatic heterocycles. The molecule has 3 N–H and O–H groups in total. The predicted molar refractivity (Wildman–Crippen MR) is 92.3 cm³/mol. The van der Waals surface area contributed by atoms with Gasteiger partial charge in [-0.05, 0) is 31.5 Å². The van der Waals surface area contributed by atoms with Gasteiger partial charge in [0.15, 0.2) is 6.54 Å². The molecule has 0 fully saturated rings. The number of carbonyl (C=O) groups excluding carboxylic acids is 1. The molecule has 0 aliphatic rings. The van der Waals surface area contributed by atoms with Crippen molar-refractivity contribution >= 4 is 21.8 Å². The molecule has 2 atom stereocenters. The van der Waals surface area contributed by atoms with Gasteiger partial charge in [-0.3, -0.25) is 4.79 Å². The van der Waals surface area contributed by atoms with Crippen LogP contribution in [0.3, 0.4) is 0 Å². The van der Waals surface area contributed by atoms with Crippen molar-refractivity contribution < 1.29 is 10.1 Å². The topological polar surface area (TPSA) is 45.7 Å². The van der Waals surface area contributed by atoms with E-state index in [9.17, 15) is 4.79 Å². The Labute approximate surface area is 140 Å². The summed E-state index contributed by atoms with van der Waals surface area (Å²) in [6.45, 7) is 4.54. The molecule has 0 aliphatic carbocycles.